The van der Waals surface area contributed by atoms with Crippen LogP contribution in [0.2, 0.25) is 0 Å². The zero-order valence-corrected chi connectivity index (χ0v) is 12.8. The highest BCUT2D eigenvalue weighted by Gasteiger charge is 2.17. The Hall–Kier alpha value is -3.27. The number of phenolic OH excluding ortho intramolecular Hbond substituents is 2. The van der Waals surface area contributed by atoms with Gasteiger partial charge in [0.1, 0.15) is 11.5 Å². The lowest BCUT2D eigenvalue weighted by atomic mass is 9.85. The van der Waals surface area contributed by atoms with Gasteiger partial charge in [0, 0.05) is 5.92 Å². The number of aromatic hydroxyl groups is 2. The highest BCUT2D eigenvalue weighted by Crippen LogP contribution is 2.33. The van der Waals surface area contributed by atoms with Crippen molar-refractivity contribution in [3.63, 3.8) is 0 Å². The lowest BCUT2D eigenvalue weighted by molar-refractivity contribution is 0.0697. The Balaban J connectivity index is 2.08. The SMILES string of the molecule is O=C(O)c1ccc(C(c2ccc(O)cc2)c2ccc(O)cc2)cc1. The van der Waals surface area contributed by atoms with Crippen LogP contribution in [0.1, 0.15) is 33.0 Å². The second-order valence-electron chi connectivity index (χ2n) is 5.54. The largest absolute Gasteiger partial charge is 0.508 e. The molecule has 0 fully saturated rings. The van der Waals surface area contributed by atoms with Crippen LogP contribution in [0.25, 0.3) is 0 Å². The van der Waals surface area contributed by atoms with Crippen LogP contribution in [0, 0.1) is 0 Å². The predicted molar refractivity (Wildman–Crippen MR) is 90.6 cm³/mol. The van der Waals surface area contributed by atoms with Crippen molar-refractivity contribution < 1.29 is 20.1 Å². The van der Waals surface area contributed by atoms with E-state index in [1.165, 1.54) is 0 Å². The molecule has 0 heterocycles. The third kappa shape index (κ3) is 3.22. The Bertz CT molecular complexity index is 789. The monoisotopic (exact) mass is 320 g/mol. The molecule has 0 bridgehead atoms. The highest BCUT2D eigenvalue weighted by atomic mass is 16.4. The summed E-state index contributed by atoms with van der Waals surface area (Å²) in [5.41, 5.74) is 3.08. The molecule has 0 aliphatic rings. The van der Waals surface area contributed by atoms with Gasteiger partial charge in [0.15, 0.2) is 0 Å². The van der Waals surface area contributed by atoms with Gasteiger partial charge in [-0.25, -0.2) is 4.79 Å². The van der Waals surface area contributed by atoms with Crippen LogP contribution >= 0.6 is 0 Å². The summed E-state index contributed by atoms with van der Waals surface area (Å²) < 4.78 is 0. The van der Waals surface area contributed by atoms with E-state index in [-0.39, 0.29) is 23.0 Å². The van der Waals surface area contributed by atoms with Crippen LogP contribution in [0.15, 0.2) is 72.8 Å². The number of aromatic carboxylic acids is 1. The van der Waals surface area contributed by atoms with E-state index in [2.05, 4.69) is 0 Å². The molecule has 0 aliphatic carbocycles. The lowest BCUT2D eigenvalue weighted by Crippen LogP contribution is -2.04. The van der Waals surface area contributed by atoms with Crippen molar-refractivity contribution in [3.05, 3.63) is 95.1 Å². The van der Waals surface area contributed by atoms with Gasteiger partial charge in [-0.3, -0.25) is 0 Å². The van der Waals surface area contributed by atoms with Crippen molar-refractivity contribution in [1.29, 1.82) is 0 Å². The number of hydrogen-bond donors (Lipinski definition) is 3. The minimum Gasteiger partial charge on any atom is -0.508 e. The quantitative estimate of drug-likeness (QED) is 0.636. The van der Waals surface area contributed by atoms with Crippen LogP contribution < -0.4 is 0 Å². The van der Waals surface area contributed by atoms with Gasteiger partial charge in [-0.1, -0.05) is 36.4 Å². The molecule has 0 aliphatic heterocycles. The summed E-state index contributed by atoms with van der Waals surface area (Å²) in [6.45, 7) is 0. The van der Waals surface area contributed by atoms with Gasteiger partial charge in [0.2, 0.25) is 0 Å². The van der Waals surface area contributed by atoms with Crippen molar-refractivity contribution >= 4 is 5.97 Å². The Morgan fingerprint density at radius 3 is 1.29 bits per heavy atom. The fourth-order valence-corrected chi connectivity index (χ4v) is 2.73. The van der Waals surface area contributed by atoms with Gasteiger partial charge in [-0.2, -0.15) is 0 Å². The van der Waals surface area contributed by atoms with Crippen molar-refractivity contribution in [2.24, 2.45) is 0 Å². The molecular weight excluding hydrogens is 304 g/mol. The summed E-state index contributed by atoms with van der Waals surface area (Å²) in [6, 6.07) is 20.5. The van der Waals surface area contributed by atoms with Gasteiger partial charge in [0.25, 0.3) is 0 Å². The molecule has 0 radical (unpaired) electrons. The first kappa shape index (κ1) is 15.6. The zero-order valence-electron chi connectivity index (χ0n) is 12.8. The summed E-state index contributed by atoms with van der Waals surface area (Å²) in [6.07, 6.45) is 0. The maximum absolute atomic E-state index is 11.0. The minimum atomic E-state index is -0.965. The average molecular weight is 320 g/mol. The van der Waals surface area contributed by atoms with Gasteiger partial charge >= 0.3 is 5.97 Å². The molecule has 0 spiro atoms. The van der Waals surface area contributed by atoms with Gasteiger partial charge in [-0.15, -0.1) is 0 Å². The second-order valence-corrected chi connectivity index (χ2v) is 5.54. The van der Waals surface area contributed by atoms with Crippen molar-refractivity contribution in [1.82, 2.24) is 0 Å². The first-order chi connectivity index (χ1) is 11.5. The number of carboxylic acid groups (broad SMARTS) is 1. The predicted octanol–water partition coefficient (Wildman–Crippen LogP) is 3.98. The maximum atomic E-state index is 11.0. The standard InChI is InChI=1S/C20H16O4/c21-17-9-5-14(6-10-17)19(15-7-11-18(22)12-8-15)13-1-3-16(4-2-13)20(23)24/h1-12,19,21-22H,(H,23,24). The molecule has 24 heavy (non-hydrogen) atoms. The summed E-state index contributed by atoms with van der Waals surface area (Å²) in [7, 11) is 0. The fraction of sp³-hybridized carbons (Fsp3) is 0.0500. The molecule has 4 nitrogen and oxygen atoms in total. The number of hydrogen-bond acceptors (Lipinski definition) is 3. The Morgan fingerprint density at radius 1 is 0.625 bits per heavy atom. The van der Waals surface area contributed by atoms with E-state index in [4.69, 9.17) is 5.11 Å². The number of carboxylic acids is 1. The van der Waals surface area contributed by atoms with Crippen LogP contribution in [0.4, 0.5) is 0 Å². The van der Waals surface area contributed by atoms with E-state index >= 15 is 0 Å². The van der Waals surface area contributed by atoms with Gasteiger partial charge < -0.3 is 15.3 Å². The normalized spacial score (nSPS) is 10.7. The van der Waals surface area contributed by atoms with E-state index in [0.29, 0.717) is 0 Å². The second kappa shape index (κ2) is 6.46. The number of phenols is 2. The fourth-order valence-electron chi connectivity index (χ4n) is 2.73. The minimum absolute atomic E-state index is 0.131. The zero-order chi connectivity index (χ0) is 17.1. The van der Waals surface area contributed by atoms with Crippen molar-refractivity contribution in [2.75, 3.05) is 0 Å². The lowest BCUT2D eigenvalue weighted by Gasteiger charge is -2.19. The molecule has 3 aromatic rings. The summed E-state index contributed by atoms with van der Waals surface area (Å²) in [4.78, 5) is 11.0. The van der Waals surface area contributed by atoms with E-state index in [1.807, 2.05) is 24.3 Å². The summed E-state index contributed by atoms with van der Waals surface area (Å²) in [5.74, 6) is -0.727. The van der Waals surface area contributed by atoms with Crippen molar-refractivity contribution in [3.8, 4) is 11.5 Å². The van der Waals surface area contributed by atoms with E-state index in [1.54, 1.807) is 48.5 Å². The Kier molecular flexibility index (Phi) is 4.20. The third-order valence-electron chi connectivity index (χ3n) is 3.94. The Morgan fingerprint density at radius 2 is 0.958 bits per heavy atom. The van der Waals surface area contributed by atoms with Crippen molar-refractivity contribution in [2.45, 2.75) is 5.92 Å². The first-order valence-corrected chi connectivity index (χ1v) is 7.46. The molecule has 3 N–H and O–H groups in total. The molecule has 0 atom stereocenters. The molecule has 3 rings (SSSR count). The molecule has 4 heteroatoms. The Labute approximate surface area is 139 Å². The van der Waals surface area contributed by atoms with Crippen LogP contribution in [0.5, 0.6) is 11.5 Å². The molecule has 3 aromatic carbocycles. The van der Waals surface area contributed by atoms with E-state index in [0.717, 1.165) is 16.7 Å². The van der Waals surface area contributed by atoms with Crippen LogP contribution in [0.3, 0.4) is 0 Å². The van der Waals surface area contributed by atoms with E-state index in [9.17, 15) is 15.0 Å². The summed E-state index contributed by atoms with van der Waals surface area (Å²) >= 11 is 0. The summed E-state index contributed by atoms with van der Waals surface area (Å²) in [5, 5.41) is 28.1. The van der Waals surface area contributed by atoms with Gasteiger partial charge in [-0.05, 0) is 53.1 Å². The molecule has 0 saturated carbocycles. The third-order valence-corrected chi connectivity index (χ3v) is 3.94. The topological polar surface area (TPSA) is 77.8 Å². The highest BCUT2D eigenvalue weighted by molar-refractivity contribution is 5.87. The van der Waals surface area contributed by atoms with Crippen LogP contribution in [-0.2, 0) is 0 Å². The molecule has 120 valence electrons. The average Bonchev–Trinajstić information content (AvgIpc) is 2.59. The molecule has 0 unspecified atom stereocenters. The smallest absolute Gasteiger partial charge is 0.335 e. The van der Waals surface area contributed by atoms with Gasteiger partial charge in [0.05, 0.1) is 5.56 Å². The van der Waals surface area contributed by atoms with E-state index < -0.39 is 5.97 Å². The molecular formula is C20H16O4. The number of rotatable bonds is 4. The maximum Gasteiger partial charge on any atom is 0.335 e. The first-order valence-electron chi connectivity index (χ1n) is 7.46. The van der Waals surface area contributed by atoms with Crippen LogP contribution in [-0.4, -0.2) is 21.3 Å². The number of benzene rings is 3. The molecule has 0 saturated heterocycles. The molecule has 0 amide bonds. The number of carbonyl (C=O) groups is 1. The molecule has 0 aromatic heterocycles.